The number of ether oxygens (including phenoxy) is 3. The van der Waals surface area contributed by atoms with Crippen molar-refractivity contribution in [2.45, 2.75) is 32.5 Å². The molecular weight excluding hydrogens is 558 g/mol. The summed E-state index contributed by atoms with van der Waals surface area (Å²) in [7, 11) is 1.29. The van der Waals surface area contributed by atoms with Gasteiger partial charge in [0.25, 0.3) is 11.5 Å². The number of rotatable bonds is 12. The van der Waals surface area contributed by atoms with Gasteiger partial charge in [0.15, 0.2) is 0 Å². The van der Waals surface area contributed by atoms with Gasteiger partial charge in [-0.05, 0) is 60.5 Å². The summed E-state index contributed by atoms with van der Waals surface area (Å²) >= 11 is 0. The lowest BCUT2D eigenvalue weighted by Gasteiger charge is -2.17. The van der Waals surface area contributed by atoms with Crippen molar-refractivity contribution in [2.75, 3.05) is 13.7 Å². The lowest BCUT2D eigenvalue weighted by molar-refractivity contribution is -0.142. The minimum absolute atomic E-state index is 0.177. The van der Waals surface area contributed by atoms with Crippen LogP contribution in [0.5, 0.6) is 11.5 Å². The van der Waals surface area contributed by atoms with E-state index in [1.54, 1.807) is 35.8 Å². The fraction of sp³-hybridized carbons (Fsp3) is 0.200. The van der Waals surface area contributed by atoms with Gasteiger partial charge in [0.05, 0.1) is 24.7 Å². The van der Waals surface area contributed by atoms with Crippen molar-refractivity contribution < 1.29 is 23.8 Å². The Bertz CT molecular complexity index is 1800. The normalized spacial score (nSPS) is 11.5. The summed E-state index contributed by atoms with van der Waals surface area (Å²) in [5, 5.41) is 2.78. The molecule has 1 heterocycles. The molecule has 0 unspecified atom stereocenters. The number of aryl methyl sites for hydroxylation is 1. The maximum atomic E-state index is 13.2. The molecule has 1 amide bonds. The molecule has 5 aromatic rings. The van der Waals surface area contributed by atoms with Crippen LogP contribution in [-0.2, 0) is 29.1 Å². The molecule has 0 saturated carbocycles. The van der Waals surface area contributed by atoms with E-state index in [1.807, 2.05) is 78.9 Å². The number of esters is 1. The molecule has 0 bridgehead atoms. The number of amides is 1. The average molecular weight is 592 g/mol. The van der Waals surface area contributed by atoms with Gasteiger partial charge in [-0.25, -0.2) is 9.78 Å². The molecule has 0 saturated heterocycles. The maximum Gasteiger partial charge on any atom is 0.328 e. The lowest BCUT2D eigenvalue weighted by Crippen LogP contribution is -2.43. The van der Waals surface area contributed by atoms with Gasteiger partial charge in [-0.1, -0.05) is 60.7 Å². The zero-order valence-electron chi connectivity index (χ0n) is 24.6. The molecule has 1 aromatic heterocycles. The van der Waals surface area contributed by atoms with Crippen molar-refractivity contribution >= 4 is 22.9 Å². The molecule has 0 aliphatic carbocycles. The molecule has 0 aliphatic heterocycles. The average Bonchev–Trinajstić information content (AvgIpc) is 3.06. The number of nitrogens with zero attached hydrogens (tertiary/aromatic N) is 2. The Morgan fingerprint density at radius 1 is 0.841 bits per heavy atom. The second-order valence-electron chi connectivity index (χ2n) is 10.2. The first-order chi connectivity index (χ1) is 21.4. The fourth-order valence-electron chi connectivity index (χ4n) is 4.80. The van der Waals surface area contributed by atoms with Gasteiger partial charge in [0.2, 0.25) is 0 Å². The molecule has 0 fully saturated rings. The Balaban J connectivity index is 1.20. The number of hydrogen-bond donors (Lipinski definition) is 1. The van der Waals surface area contributed by atoms with E-state index in [2.05, 4.69) is 10.3 Å². The van der Waals surface area contributed by atoms with Gasteiger partial charge < -0.3 is 24.1 Å². The highest BCUT2D eigenvalue weighted by Gasteiger charge is 2.23. The number of methoxy groups -OCH3 is 1. The highest BCUT2D eigenvalue weighted by molar-refractivity contribution is 5.97. The first kappa shape index (κ1) is 30.0. The Morgan fingerprint density at radius 3 is 2.36 bits per heavy atom. The van der Waals surface area contributed by atoms with Crippen LogP contribution in [0.2, 0.25) is 0 Å². The molecule has 0 spiro atoms. The third-order valence-corrected chi connectivity index (χ3v) is 7.10. The Kier molecular flexibility index (Phi) is 9.66. The summed E-state index contributed by atoms with van der Waals surface area (Å²) in [6.07, 6.45) is 0.238. The summed E-state index contributed by atoms with van der Waals surface area (Å²) < 4.78 is 18.4. The van der Waals surface area contributed by atoms with Crippen molar-refractivity contribution in [2.24, 2.45) is 0 Å². The van der Waals surface area contributed by atoms with Gasteiger partial charge in [0, 0.05) is 12.0 Å². The monoisotopic (exact) mass is 591 g/mol. The smallest absolute Gasteiger partial charge is 0.328 e. The third-order valence-electron chi connectivity index (χ3n) is 7.10. The van der Waals surface area contributed by atoms with Crippen LogP contribution in [0.15, 0.2) is 108 Å². The van der Waals surface area contributed by atoms with E-state index in [4.69, 9.17) is 14.2 Å². The summed E-state index contributed by atoms with van der Waals surface area (Å²) in [5.41, 5.74) is 3.91. The first-order valence-corrected chi connectivity index (χ1v) is 14.2. The van der Waals surface area contributed by atoms with E-state index in [0.717, 1.165) is 22.2 Å². The van der Waals surface area contributed by atoms with E-state index in [9.17, 15) is 14.4 Å². The molecule has 9 nitrogen and oxygen atoms in total. The number of aromatic nitrogens is 2. The standard InChI is InChI=1S/C35H33N3O6/c1-24-34(40)38(32-14-7-6-13-30(32)36-24)19-20-43-29-12-8-11-27(22-29)33(39)37-31(35(41)42-2)21-25-15-17-28(18-16-25)44-23-26-9-4-3-5-10-26/h3-18,22,31H,19-21,23H2,1-2H3,(H,37,39)/t31-/m0/s1. The molecule has 9 heteroatoms. The van der Waals surface area contributed by atoms with Crippen LogP contribution >= 0.6 is 0 Å². The summed E-state index contributed by atoms with van der Waals surface area (Å²) in [6, 6.07) is 30.4. The largest absolute Gasteiger partial charge is 0.492 e. The summed E-state index contributed by atoms with van der Waals surface area (Å²) in [4.78, 5) is 42.8. The maximum absolute atomic E-state index is 13.2. The zero-order chi connectivity index (χ0) is 30.9. The van der Waals surface area contributed by atoms with Gasteiger partial charge in [-0.3, -0.25) is 9.59 Å². The van der Waals surface area contributed by atoms with E-state index < -0.39 is 17.9 Å². The quantitative estimate of drug-likeness (QED) is 0.206. The Labute approximate surface area is 255 Å². The number of carbonyl (C=O) groups excluding carboxylic acids is 2. The van der Waals surface area contributed by atoms with Gasteiger partial charge in [-0.15, -0.1) is 0 Å². The van der Waals surface area contributed by atoms with E-state index in [1.165, 1.54) is 7.11 Å². The number of benzene rings is 4. The van der Waals surface area contributed by atoms with Crippen molar-refractivity contribution in [3.05, 3.63) is 136 Å². The van der Waals surface area contributed by atoms with Gasteiger partial charge in [0.1, 0.15) is 36.4 Å². The molecule has 0 radical (unpaired) electrons. The lowest BCUT2D eigenvalue weighted by atomic mass is 10.0. The predicted molar refractivity (Wildman–Crippen MR) is 167 cm³/mol. The molecular formula is C35H33N3O6. The number of nitrogens with one attached hydrogen (secondary N) is 1. The first-order valence-electron chi connectivity index (χ1n) is 14.2. The van der Waals surface area contributed by atoms with Crippen LogP contribution in [-0.4, -0.2) is 41.2 Å². The summed E-state index contributed by atoms with van der Waals surface area (Å²) in [6.45, 7) is 2.64. The Morgan fingerprint density at radius 2 is 1.59 bits per heavy atom. The third kappa shape index (κ3) is 7.49. The van der Waals surface area contributed by atoms with E-state index in [0.29, 0.717) is 35.9 Å². The highest BCUT2D eigenvalue weighted by atomic mass is 16.5. The topological polar surface area (TPSA) is 109 Å². The van der Waals surface area contributed by atoms with Gasteiger partial charge >= 0.3 is 5.97 Å². The second-order valence-corrected chi connectivity index (χ2v) is 10.2. The molecule has 0 aliphatic rings. The SMILES string of the molecule is COC(=O)[C@H](Cc1ccc(OCc2ccccc2)cc1)NC(=O)c1cccc(OCCn2c(=O)c(C)nc3ccccc32)c1. The molecule has 224 valence electrons. The van der Waals surface area contributed by atoms with Crippen LogP contribution in [0.3, 0.4) is 0 Å². The summed E-state index contributed by atoms with van der Waals surface area (Å²) in [5.74, 6) is 0.160. The van der Waals surface area contributed by atoms with Crippen LogP contribution in [0.25, 0.3) is 11.0 Å². The zero-order valence-corrected chi connectivity index (χ0v) is 24.6. The number of carbonyl (C=O) groups is 2. The Hall–Kier alpha value is -5.44. The minimum Gasteiger partial charge on any atom is -0.492 e. The van der Waals surface area contributed by atoms with E-state index >= 15 is 0 Å². The predicted octanol–water partition coefficient (Wildman–Crippen LogP) is 4.88. The molecule has 4 aromatic carbocycles. The van der Waals surface area contributed by atoms with Crippen molar-refractivity contribution in [3.8, 4) is 11.5 Å². The molecule has 1 N–H and O–H groups in total. The molecule has 1 atom stereocenters. The molecule has 5 rings (SSSR count). The number of para-hydroxylation sites is 2. The van der Waals surface area contributed by atoms with Crippen LogP contribution in [0.4, 0.5) is 0 Å². The minimum atomic E-state index is -0.900. The van der Waals surface area contributed by atoms with Crippen molar-refractivity contribution in [3.63, 3.8) is 0 Å². The van der Waals surface area contributed by atoms with Crippen LogP contribution in [0.1, 0.15) is 27.2 Å². The molecule has 44 heavy (non-hydrogen) atoms. The van der Waals surface area contributed by atoms with Crippen LogP contribution in [0, 0.1) is 6.92 Å². The number of hydrogen-bond acceptors (Lipinski definition) is 7. The van der Waals surface area contributed by atoms with Crippen molar-refractivity contribution in [1.29, 1.82) is 0 Å². The highest BCUT2D eigenvalue weighted by Crippen LogP contribution is 2.18. The van der Waals surface area contributed by atoms with Gasteiger partial charge in [-0.2, -0.15) is 0 Å². The number of fused-ring (bicyclic) bond motifs is 1. The van der Waals surface area contributed by atoms with Crippen molar-refractivity contribution in [1.82, 2.24) is 14.9 Å². The second kappa shape index (κ2) is 14.2. The van der Waals surface area contributed by atoms with E-state index in [-0.39, 0.29) is 18.6 Å². The van der Waals surface area contributed by atoms with Crippen LogP contribution < -0.4 is 20.3 Å². The fourth-order valence-corrected chi connectivity index (χ4v) is 4.80.